The van der Waals surface area contributed by atoms with Gasteiger partial charge in [-0.3, -0.25) is 19.7 Å². The molecule has 14 rings (SSSR count). The highest BCUT2D eigenvalue weighted by Crippen LogP contribution is 2.29. The van der Waals surface area contributed by atoms with E-state index in [2.05, 4.69) is 123 Å². The molecule has 0 unspecified atom stereocenters. The van der Waals surface area contributed by atoms with E-state index in [0.717, 1.165) is 46.1 Å². The second-order valence-corrected chi connectivity index (χ2v) is 33.7. The van der Waals surface area contributed by atoms with E-state index >= 15 is 0 Å². The molecule has 0 spiro atoms. The number of esters is 8. The number of aromatic nitrogens is 14. The van der Waals surface area contributed by atoms with Crippen LogP contribution in [0.25, 0.3) is 79.7 Å². The van der Waals surface area contributed by atoms with Crippen molar-refractivity contribution in [2.24, 2.45) is 5.73 Å². The van der Waals surface area contributed by atoms with Gasteiger partial charge in [0.05, 0.1) is 175 Å². The molecule has 0 bridgehead atoms. The maximum Gasteiger partial charge on any atom is 0.356 e. The van der Waals surface area contributed by atoms with Crippen LogP contribution in [0.5, 0.6) is 0 Å². The van der Waals surface area contributed by atoms with Crippen LogP contribution in [0.3, 0.4) is 0 Å². The number of carbonyl (C=O) groups excluding carboxylic acids is 8. The summed E-state index contributed by atoms with van der Waals surface area (Å²) in [7, 11) is 7.10. The smallest absolute Gasteiger partial charge is 0.356 e. The lowest BCUT2D eigenvalue weighted by Gasteiger charge is -2.27. The molecule has 0 aliphatic heterocycles. The normalized spacial score (nSPS) is 10.7. The van der Waals surface area contributed by atoms with Crippen molar-refractivity contribution in [3.8, 4) is 79.7 Å². The van der Waals surface area contributed by atoms with Gasteiger partial charge in [-0.25, -0.2) is 122 Å². The zero-order valence-electron chi connectivity index (χ0n) is 81.0. The Bertz CT molecular complexity index is 6770. The first-order chi connectivity index (χ1) is 71.7. The highest BCUT2D eigenvalue weighted by molar-refractivity contribution is 9.11. The number of aromatic carboxylic acids is 2. The highest BCUT2D eigenvalue weighted by Gasteiger charge is 2.39. The summed E-state index contributed by atoms with van der Waals surface area (Å²) in [5.41, 5.74) is 16.2. The number of carboxylic acids is 4. The van der Waals surface area contributed by atoms with Gasteiger partial charge in [-0.2, -0.15) is 0 Å². The zero-order valence-corrected chi connectivity index (χ0v) is 88.1. The van der Waals surface area contributed by atoms with E-state index < -0.39 is 95.8 Å². The molecule has 0 saturated heterocycles. The molecular formula is C103H95Br4ClN18O24. The predicted octanol–water partition coefficient (Wildman–Crippen LogP) is 13.9. The Morgan fingerprint density at radius 1 is 0.267 bits per heavy atom. The van der Waals surface area contributed by atoms with Crippen LogP contribution in [0.4, 0.5) is 0 Å². The van der Waals surface area contributed by atoms with Gasteiger partial charge >= 0.3 is 71.6 Å². The van der Waals surface area contributed by atoms with Crippen LogP contribution in [0.15, 0.2) is 269 Å². The Kier molecular flexibility index (Phi) is 46.1. The largest absolute Gasteiger partial charge is 0.480 e. The molecule has 150 heavy (non-hydrogen) atoms. The third-order valence-electron chi connectivity index (χ3n) is 20.5. The number of carbonyl (C=O) groups is 12. The Balaban J connectivity index is 0.000000223. The molecule has 14 aromatic heterocycles. The van der Waals surface area contributed by atoms with Crippen molar-refractivity contribution in [2.45, 2.75) is 82.6 Å². The molecule has 0 saturated carbocycles. The fraction of sp³-hybridized carbons (Fsp3) is 0.204. The molecule has 42 nitrogen and oxygen atoms in total. The Labute approximate surface area is 897 Å². The van der Waals surface area contributed by atoms with Gasteiger partial charge in [0.25, 0.3) is 0 Å². The van der Waals surface area contributed by atoms with Crippen LogP contribution in [-0.2, 0) is 121 Å². The van der Waals surface area contributed by atoms with Crippen molar-refractivity contribution in [3.63, 3.8) is 0 Å². The predicted molar refractivity (Wildman–Crippen MR) is 556 cm³/mol. The molecule has 14 heterocycles. The van der Waals surface area contributed by atoms with Gasteiger partial charge in [-0.05, 0) is 231 Å². The molecule has 0 radical (unpaired) electrons. The number of rotatable bonds is 37. The molecule has 0 aromatic carbocycles. The third kappa shape index (κ3) is 34.5. The highest BCUT2D eigenvalue weighted by atomic mass is 79.9. The minimum atomic E-state index is -1.95. The first kappa shape index (κ1) is 117. The lowest BCUT2D eigenvalue weighted by molar-refractivity contribution is -0.163. The van der Waals surface area contributed by atoms with E-state index in [4.69, 9.17) is 54.1 Å². The van der Waals surface area contributed by atoms with Crippen molar-refractivity contribution in [1.82, 2.24) is 84.5 Å². The Hall–Kier alpha value is -16.2. The zero-order chi connectivity index (χ0) is 108. The molecule has 0 aliphatic rings. The van der Waals surface area contributed by atoms with Gasteiger partial charge in [-0.15, -0.1) is 12.4 Å². The summed E-state index contributed by atoms with van der Waals surface area (Å²) in [6.45, 7) is 3.69. The van der Waals surface area contributed by atoms with Crippen LogP contribution in [0.1, 0.15) is 95.7 Å². The third-order valence-corrected chi connectivity index (χ3v) is 22.4. The number of methoxy groups -OCH3 is 6. The van der Waals surface area contributed by atoms with Crippen molar-refractivity contribution in [1.29, 1.82) is 0 Å². The summed E-state index contributed by atoms with van der Waals surface area (Å²) in [5.74, 6) is -11.5. The summed E-state index contributed by atoms with van der Waals surface area (Å²) >= 11 is 13.5. The lowest BCUT2D eigenvalue weighted by Crippen LogP contribution is -2.47. The van der Waals surface area contributed by atoms with Gasteiger partial charge in [0, 0.05) is 44.6 Å². The number of alkyl halides is 1. The molecule has 0 fully saturated rings. The van der Waals surface area contributed by atoms with Crippen LogP contribution < -0.4 is 5.73 Å². The fourth-order valence-corrected chi connectivity index (χ4v) is 15.1. The summed E-state index contributed by atoms with van der Waals surface area (Å²) in [4.78, 5) is 210. The number of hydrogen-bond acceptors (Lipinski definition) is 38. The van der Waals surface area contributed by atoms with E-state index in [-0.39, 0.29) is 99.1 Å². The van der Waals surface area contributed by atoms with Crippen molar-refractivity contribution < 1.29 is 116 Å². The molecule has 0 aliphatic carbocycles. The maximum atomic E-state index is 12.9. The van der Waals surface area contributed by atoms with Crippen LogP contribution in [0, 0.1) is 0 Å². The van der Waals surface area contributed by atoms with E-state index in [1.807, 2.05) is 109 Å². The minimum Gasteiger partial charge on any atom is -0.480 e. The average molecular weight is 2320 g/mol. The number of aliphatic carboxylic acids is 2. The molecule has 0 atom stereocenters. The van der Waals surface area contributed by atoms with Crippen molar-refractivity contribution in [3.05, 3.63) is 331 Å². The van der Waals surface area contributed by atoms with E-state index in [1.165, 1.54) is 57.6 Å². The molecule has 776 valence electrons. The summed E-state index contributed by atoms with van der Waals surface area (Å²) in [6, 6.07) is 66.5. The number of nitrogens with two attached hydrogens (primary N) is 1. The fourth-order valence-electron chi connectivity index (χ4n) is 13.8. The summed E-state index contributed by atoms with van der Waals surface area (Å²) in [5, 5.41) is 38.6. The molecule has 14 aromatic rings. The number of pyridine rings is 14. The number of ether oxygens (including phenoxy) is 8. The van der Waals surface area contributed by atoms with Gasteiger partial charge in [0.15, 0.2) is 0 Å². The molecule has 0 amide bonds. The molecule has 47 heteroatoms. The average Bonchev–Trinajstić information content (AvgIpc) is 0.815. The van der Waals surface area contributed by atoms with Crippen LogP contribution >= 0.6 is 76.1 Å². The van der Waals surface area contributed by atoms with Crippen molar-refractivity contribution >= 4 is 148 Å². The van der Waals surface area contributed by atoms with Gasteiger partial charge in [0.1, 0.15) is 36.6 Å². The first-order valence-corrected chi connectivity index (χ1v) is 48.0. The maximum absolute atomic E-state index is 12.9. The van der Waals surface area contributed by atoms with Crippen LogP contribution in [-0.4, -0.2) is 257 Å². The second kappa shape index (κ2) is 59.0. The standard InChI is InChI=1S/C33H33N5O8.C27H23Br2N5O4.C27H21N5O8.C11H8Br2N2.C5H9NO4.ClH/c1-5-45-30(39)27-17-9-15-25(36-27)23-13-7-11-21(34-23)19-38(29(32(41)43-3)33(42)44-4)20-22-12-8-14-24(35-22)26-16-10-18-28(37-26)31(40)46-6-2;1-37-26(35)25(27(36)38-2)34(15-17-7-3-9-19(30-17)21-11-5-13-23(28)32-21)16-18-8-4-10-20(31-18)22-12-6-14-24(29)33-22;33-24(34)21-11-3-9-19(30-21)17-7-1-5-15(28-17)13-32(23(26(37)38)27(39)40)14-16-6-2-8-18(29-16)20-10-4-12-22(31-20)25(35)36;12-7-8-3-1-4-9(14-8)10-5-2-6-11(13)15-10;1-9-4(7)3(6)5(8)10-2;/h7-18,29H,5-6,19-20H2,1-4H3;3-14,25H,15-16H2,1-2H3;1-12,23H,13-14H2,(H,33,34)(H,35,36)(H,37,38)(H,39,40);1-6H,7H2;3H,6H2,1-2H3;1H. The monoisotopic (exact) mass is 2320 g/mol. The SMILES string of the molecule is BrCc1cccc(-c2cccc(Br)n2)n1.CCOC(=O)c1cccc(-c2cccc(CN(Cc3cccc(-c4cccc(C(=O)OCC)n4)n3)C(C(=O)OC)C(=O)OC)n2)n1.COC(=O)C(C(=O)OC)N(Cc1cccc(-c2cccc(Br)n2)n1)Cc1cccc(-c2cccc(Br)n2)n1.COC(=O)C(N)C(=O)OC.Cl.O=C(O)c1cccc(-c2cccc(CN(Cc3cccc(-c4cccc(C(=O)O)n4)n3)C(C(=O)O)C(=O)O)n2)n1. The number of nitrogens with zero attached hydrogens (tertiary/aromatic N) is 17. The van der Waals surface area contributed by atoms with E-state index in [0.29, 0.717) is 100 Å². The first-order valence-electron chi connectivity index (χ1n) is 44.5. The van der Waals surface area contributed by atoms with E-state index in [1.54, 1.807) is 140 Å². The number of hydrogen-bond donors (Lipinski definition) is 5. The number of carboxylic acid groups (broad SMARTS) is 4. The number of halogens is 5. The molecular weight excluding hydrogens is 2230 g/mol. The summed E-state index contributed by atoms with van der Waals surface area (Å²) < 4.78 is 40.5. The topological polar surface area (TPSA) is 576 Å². The summed E-state index contributed by atoms with van der Waals surface area (Å²) in [6.07, 6.45) is 0. The second-order valence-electron chi connectivity index (χ2n) is 30.7. The van der Waals surface area contributed by atoms with Gasteiger partial charge < -0.3 is 64.1 Å². The Morgan fingerprint density at radius 2 is 0.453 bits per heavy atom. The van der Waals surface area contributed by atoms with Crippen molar-refractivity contribution in [2.75, 3.05) is 55.9 Å². The quantitative estimate of drug-likeness (QED) is 0.00793. The molecule has 6 N–H and O–H groups in total. The van der Waals surface area contributed by atoms with Gasteiger partial charge in [0.2, 0.25) is 24.2 Å². The Morgan fingerprint density at radius 3 is 0.660 bits per heavy atom. The lowest BCUT2D eigenvalue weighted by atomic mass is 10.1. The van der Waals surface area contributed by atoms with Gasteiger partial charge in [-0.1, -0.05) is 101 Å². The minimum absolute atomic E-state index is 0. The van der Waals surface area contributed by atoms with Crippen LogP contribution in [0.2, 0.25) is 0 Å². The van der Waals surface area contributed by atoms with E-state index in [9.17, 15) is 78.0 Å².